The highest BCUT2D eigenvalue weighted by molar-refractivity contribution is 5.71. The Kier molecular flexibility index (Phi) is 12.4. The molecule has 0 aromatic rings. The van der Waals surface area contributed by atoms with E-state index in [-0.39, 0.29) is 6.42 Å². The maximum atomic E-state index is 10.3. The van der Waals surface area contributed by atoms with Gasteiger partial charge in [-0.25, -0.2) is 4.79 Å². The van der Waals surface area contributed by atoms with Crippen LogP contribution in [0.1, 0.15) is 64.7 Å². The van der Waals surface area contributed by atoms with Gasteiger partial charge in [0, 0.05) is 19.6 Å². The standard InChI is InChI=1S/C14H28O4/c1-2-3-4-5-6-7-8-9-11-18-12-10-13(15)14(16)17/h13,15H,2-12H2,1H3,(H,16,17)/t13-/m1/s1. The molecule has 0 aliphatic heterocycles. The first-order valence-corrected chi connectivity index (χ1v) is 7.17. The van der Waals surface area contributed by atoms with Crippen molar-refractivity contribution < 1.29 is 19.7 Å². The number of hydrogen-bond donors (Lipinski definition) is 2. The molecule has 18 heavy (non-hydrogen) atoms. The summed E-state index contributed by atoms with van der Waals surface area (Å²) in [5.74, 6) is -1.18. The average Bonchev–Trinajstić information content (AvgIpc) is 2.35. The predicted molar refractivity (Wildman–Crippen MR) is 71.7 cm³/mol. The summed E-state index contributed by atoms with van der Waals surface area (Å²) in [5, 5.41) is 17.4. The lowest BCUT2D eigenvalue weighted by atomic mass is 10.1. The van der Waals surface area contributed by atoms with Gasteiger partial charge in [-0.1, -0.05) is 51.9 Å². The fourth-order valence-corrected chi connectivity index (χ4v) is 1.76. The number of carboxylic acid groups (broad SMARTS) is 1. The van der Waals surface area contributed by atoms with E-state index in [4.69, 9.17) is 14.9 Å². The van der Waals surface area contributed by atoms with Crippen LogP contribution in [-0.2, 0) is 9.53 Å². The number of aliphatic carboxylic acids is 1. The van der Waals surface area contributed by atoms with Gasteiger partial charge < -0.3 is 14.9 Å². The van der Waals surface area contributed by atoms with Gasteiger partial charge in [0.25, 0.3) is 0 Å². The number of unbranched alkanes of at least 4 members (excludes halogenated alkanes) is 7. The van der Waals surface area contributed by atoms with E-state index in [1.165, 1.54) is 44.9 Å². The quantitative estimate of drug-likeness (QED) is 0.500. The topological polar surface area (TPSA) is 66.8 Å². The van der Waals surface area contributed by atoms with E-state index < -0.39 is 12.1 Å². The van der Waals surface area contributed by atoms with Gasteiger partial charge >= 0.3 is 5.97 Å². The third-order valence-corrected chi connectivity index (χ3v) is 2.96. The molecule has 108 valence electrons. The molecule has 0 saturated carbocycles. The molecule has 0 amide bonds. The zero-order chi connectivity index (χ0) is 13.6. The maximum Gasteiger partial charge on any atom is 0.332 e. The monoisotopic (exact) mass is 260 g/mol. The summed E-state index contributed by atoms with van der Waals surface area (Å²) < 4.78 is 5.28. The van der Waals surface area contributed by atoms with Crippen molar-refractivity contribution in [3.63, 3.8) is 0 Å². The van der Waals surface area contributed by atoms with E-state index in [2.05, 4.69) is 6.92 Å². The third kappa shape index (κ3) is 11.9. The van der Waals surface area contributed by atoms with Gasteiger partial charge in [0.1, 0.15) is 0 Å². The van der Waals surface area contributed by atoms with Crippen molar-refractivity contribution in [1.29, 1.82) is 0 Å². The molecule has 0 spiro atoms. The van der Waals surface area contributed by atoms with Crippen LogP contribution in [-0.4, -0.2) is 35.5 Å². The minimum absolute atomic E-state index is 0.173. The van der Waals surface area contributed by atoms with Gasteiger partial charge in [-0.2, -0.15) is 0 Å². The average molecular weight is 260 g/mol. The molecule has 0 bridgehead atoms. The molecule has 0 aliphatic carbocycles. The third-order valence-electron chi connectivity index (χ3n) is 2.96. The lowest BCUT2D eigenvalue weighted by Crippen LogP contribution is -2.21. The summed E-state index contributed by atoms with van der Waals surface area (Å²) in [4.78, 5) is 10.3. The second kappa shape index (κ2) is 12.8. The molecule has 0 aromatic heterocycles. The number of carboxylic acids is 1. The van der Waals surface area contributed by atoms with Crippen LogP contribution in [0.25, 0.3) is 0 Å². The zero-order valence-electron chi connectivity index (χ0n) is 11.6. The second-order valence-electron chi connectivity index (χ2n) is 4.73. The summed E-state index contributed by atoms with van der Waals surface area (Å²) in [6, 6.07) is 0. The first-order chi connectivity index (χ1) is 8.68. The summed E-state index contributed by atoms with van der Waals surface area (Å²) in [7, 11) is 0. The molecular weight excluding hydrogens is 232 g/mol. The molecule has 0 aromatic carbocycles. The summed E-state index contributed by atoms with van der Waals surface area (Å²) in [6.45, 7) is 3.21. The lowest BCUT2D eigenvalue weighted by Gasteiger charge is -2.06. The smallest absolute Gasteiger partial charge is 0.332 e. The molecule has 0 aliphatic rings. The minimum atomic E-state index is -1.29. The Morgan fingerprint density at radius 1 is 1.00 bits per heavy atom. The number of hydrogen-bond acceptors (Lipinski definition) is 3. The lowest BCUT2D eigenvalue weighted by molar-refractivity contribution is -0.147. The summed E-state index contributed by atoms with van der Waals surface area (Å²) in [5.41, 5.74) is 0. The van der Waals surface area contributed by atoms with Crippen LogP contribution in [0.15, 0.2) is 0 Å². The predicted octanol–water partition coefficient (Wildman–Crippen LogP) is 2.98. The molecule has 2 N–H and O–H groups in total. The van der Waals surface area contributed by atoms with Crippen LogP contribution in [0.4, 0.5) is 0 Å². The van der Waals surface area contributed by atoms with Crippen molar-refractivity contribution in [2.45, 2.75) is 70.8 Å². The van der Waals surface area contributed by atoms with Crippen molar-refractivity contribution in [2.24, 2.45) is 0 Å². The molecule has 4 nitrogen and oxygen atoms in total. The molecule has 0 unspecified atom stereocenters. The van der Waals surface area contributed by atoms with E-state index >= 15 is 0 Å². The van der Waals surface area contributed by atoms with Crippen LogP contribution in [0, 0.1) is 0 Å². The Morgan fingerprint density at radius 3 is 2.11 bits per heavy atom. The highest BCUT2D eigenvalue weighted by Gasteiger charge is 2.11. The maximum absolute atomic E-state index is 10.3. The molecular formula is C14H28O4. The van der Waals surface area contributed by atoms with Gasteiger partial charge in [-0.15, -0.1) is 0 Å². The van der Waals surface area contributed by atoms with Crippen LogP contribution < -0.4 is 0 Å². The summed E-state index contributed by atoms with van der Waals surface area (Å²) >= 11 is 0. The number of carbonyl (C=O) groups is 1. The fraction of sp³-hybridized carbons (Fsp3) is 0.929. The SMILES string of the molecule is CCCCCCCCCCOCC[C@@H](O)C(=O)O. The molecule has 0 fully saturated rings. The van der Waals surface area contributed by atoms with Crippen LogP contribution in [0.5, 0.6) is 0 Å². The highest BCUT2D eigenvalue weighted by Crippen LogP contribution is 2.08. The normalized spacial score (nSPS) is 12.6. The van der Waals surface area contributed by atoms with Crippen molar-refractivity contribution >= 4 is 5.97 Å². The fourth-order valence-electron chi connectivity index (χ4n) is 1.76. The number of aliphatic hydroxyl groups excluding tert-OH is 1. The van der Waals surface area contributed by atoms with Gasteiger partial charge in [0.2, 0.25) is 0 Å². The van der Waals surface area contributed by atoms with Gasteiger partial charge in [0.05, 0.1) is 0 Å². The minimum Gasteiger partial charge on any atom is -0.479 e. The van der Waals surface area contributed by atoms with Crippen molar-refractivity contribution in [3.05, 3.63) is 0 Å². The largest absolute Gasteiger partial charge is 0.479 e. The Morgan fingerprint density at radius 2 is 1.56 bits per heavy atom. The Balaban J connectivity index is 3.05. The number of ether oxygens (including phenoxy) is 1. The van der Waals surface area contributed by atoms with Gasteiger partial charge in [-0.05, 0) is 6.42 Å². The molecule has 4 heteroatoms. The highest BCUT2D eigenvalue weighted by atomic mass is 16.5. The Bertz CT molecular complexity index is 194. The molecule has 0 rings (SSSR count). The molecule has 0 radical (unpaired) electrons. The van der Waals surface area contributed by atoms with E-state index in [1.807, 2.05) is 0 Å². The molecule has 1 atom stereocenters. The van der Waals surface area contributed by atoms with E-state index in [1.54, 1.807) is 0 Å². The van der Waals surface area contributed by atoms with Crippen molar-refractivity contribution in [2.75, 3.05) is 13.2 Å². The van der Waals surface area contributed by atoms with E-state index in [9.17, 15) is 4.79 Å². The second-order valence-corrected chi connectivity index (χ2v) is 4.73. The van der Waals surface area contributed by atoms with Crippen LogP contribution in [0.2, 0.25) is 0 Å². The van der Waals surface area contributed by atoms with Crippen LogP contribution >= 0.6 is 0 Å². The van der Waals surface area contributed by atoms with Crippen molar-refractivity contribution in [3.8, 4) is 0 Å². The molecule has 0 saturated heterocycles. The van der Waals surface area contributed by atoms with Gasteiger partial charge in [0.15, 0.2) is 6.10 Å². The Labute approximate surface area is 110 Å². The first-order valence-electron chi connectivity index (χ1n) is 7.17. The first kappa shape index (κ1) is 17.4. The number of aliphatic hydroxyl groups is 1. The van der Waals surface area contributed by atoms with Crippen LogP contribution in [0.3, 0.4) is 0 Å². The number of rotatable bonds is 13. The van der Waals surface area contributed by atoms with E-state index in [0.717, 1.165) is 6.42 Å². The summed E-state index contributed by atoms with van der Waals surface area (Å²) in [6.07, 6.45) is 8.95. The van der Waals surface area contributed by atoms with Gasteiger partial charge in [-0.3, -0.25) is 0 Å². The van der Waals surface area contributed by atoms with Crippen molar-refractivity contribution in [1.82, 2.24) is 0 Å². The van der Waals surface area contributed by atoms with E-state index in [0.29, 0.717) is 13.2 Å². The Hall–Kier alpha value is -0.610. The zero-order valence-corrected chi connectivity index (χ0v) is 11.6. The molecule has 0 heterocycles.